The van der Waals surface area contributed by atoms with Gasteiger partial charge in [0.1, 0.15) is 5.82 Å². The molecule has 0 heterocycles. The molecule has 0 fully saturated rings. The largest absolute Gasteiger partial charge is 0.349 e. The molecule has 0 saturated carbocycles. The Hall–Kier alpha value is -2.71. The lowest BCUT2D eigenvalue weighted by atomic mass is 10.1. The number of sulfonamides is 1. The predicted molar refractivity (Wildman–Crippen MR) is 118 cm³/mol. The van der Waals surface area contributed by atoms with Gasteiger partial charge in [0.15, 0.2) is 0 Å². The van der Waals surface area contributed by atoms with E-state index in [1.165, 1.54) is 12.1 Å². The Balaban J connectivity index is 1.59. The Labute approximate surface area is 183 Å². The van der Waals surface area contributed by atoms with Crippen LogP contribution in [0.5, 0.6) is 0 Å². The van der Waals surface area contributed by atoms with Crippen molar-refractivity contribution in [2.45, 2.75) is 24.3 Å². The summed E-state index contributed by atoms with van der Waals surface area (Å²) >= 11 is 3.38. The maximum atomic E-state index is 13.0. The van der Waals surface area contributed by atoms with Crippen LogP contribution < -0.4 is 10.0 Å². The number of hydrogen-bond acceptors (Lipinski definition) is 3. The minimum atomic E-state index is -3.81. The van der Waals surface area contributed by atoms with E-state index < -0.39 is 15.8 Å². The van der Waals surface area contributed by atoms with Crippen molar-refractivity contribution in [3.05, 3.63) is 94.2 Å². The van der Waals surface area contributed by atoms with Crippen LogP contribution in [0.15, 0.2) is 82.2 Å². The second-order valence-electron chi connectivity index (χ2n) is 6.77. The number of amides is 1. The standard InChI is InChI=1S/C22H20BrFN2O3S/c1-15(17-4-6-18(23)7-5-17)25-22(27)14-16-2-10-20(11-3-16)26-30(28,29)21-12-8-19(24)9-13-21/h2-13,15,26H,14H2,1H3,(H,25,27)/t15-/m0/s1. The van der Waals surface area contributed by atoms with Gasteiger partial charge >= 0.3 is 0 Å². The van der Waals surface area contributed by atoms with E-state index in [0.29, 0.717) is 5.69 Å². The fraction of sp³-hybridized carbons (Fsp3) is 0.136. The van der Waals surface area contributed by atoms with Crippen LogP contribution in [-0.2, 0) is 21.2 Å². The van der Waals surface area contributed by atoms with E-state index >= 15 is 0 Å². The monoisotopic (exact) mass is 490 g/mol. The van der Waals surface area contributed by atoms with Gasteiger partial charge in [-0.25, -0.2) is 12.8 Å². The van der Waals surface area contributed by atoms with Crippen molar-refractivity contribution < 1.29 is 17.6 Å². The first-order valence-electron chi connectivity index (χ1n) is 9.15. The Morgan fingerprint density at radius 2 is 1.57 bits per heavy atom. The highest BCUT2D eigenvalue weighted by Gasteiger charge is 2.15. The summed E-state index contributed by atoms with van der Waals surface area (Å²) in [7, 11) is -3.81. The maximum Gasteiger partial charge on any atom is 0.261 e. The number of carbonyl (C=O) groups is 1. The SMILES string of the molecule is C[C@H](NC(=O)Cc1ccc(NS(=O)(=O)c2ccc(F)cc2)cc1)c1ccc(Br)cc1. The first kappa shape index (κ1) is 22.0. The Kier molecular flexibility index (Phi) is 6.89. The minimum Gasteiger partial charge on any atom is -0.349 e. The predicted octanol–water partition coefficient (Wildman–Crippen LogP) is 4.81. The number of hydrogen-bond donors (Lipinski definition) is 2. The molecule has 2 N–H and O–H groups in total. The van der Waals surface area contributed by atoms with Gasteiger partial charge in [0.25, 0.3) is 10.0 Å². The van der Waals surface area contributed by atoms with Gasteiger partial charge in [-0.15, -0.1) is 0 Å². The summed E-state index contributed by atoms with van der Waals surface area (Å²) in [6, 6.07) is 18.7. The number of halogens is 2. The summed E-state index contributed by atoms with van der Waals surface area (Å²) in [6.07, 6.45) is 0.172. The number of anilines is 1. The first-order valence-corrected chi connectivity index (χ1v) is 11.4. The van der Waals surface area contributed by atoms with Crippen molar-refractivity contribution in [2.75, 3.05) is 4.72 Å². The second-order valence-corrected chi connectivity index (χ2v) is 9.37. The highest BCUT2D eigenvalue weighted by Crippen LogP contribution is 2.19. The molecule has 0 aromatic heterocycles. The molecule has 0 spiro atoms. The average Bonchev–Trinajstić information content (AvgIpc) is 2.70. The molecule has 0 aliphatic rings. The van der Waals surface area contributed by atoms with Crippen molar-refractivity contribution >= 4 is 37.5 Å². The molecule has 1 atom stereocenters. The number of benzene rings is 3. The van der Waals surface area contributed by atoms with E-state index in [0.717, 1.165) is 27.7 Å². The Morgan fingerprint density at radius 3 is 2.17 bits per heavy atom. The smallest absolute Gasteiger partial charge is 0.261 e. The molecule has 0 saturated heterocycles. The third-order valence-corrected chi connectivity index (χ3v) is 6.37. The fourth-order valence-corrected chi connectivity index (χ4v) is 4.15. The summed E-state index contributed by atoms with van der Waals surface area (Å²) < 4.78 is 41.1. The van der Waals surface area contributed by atoms with Crippen LogP contribution >= 0.6 is 15.9 Å². The molecule has 30 heavy (non-hydrogen) atoms. The molecular formula is C22H20BrFN2O3S. The zero-order chi connectivity index (χ0) is 21.7. The van der Waals surface area contributed by atoms with E-state index in [1.807, 2.05) is 31.2 Å². The number of nitrogens with one attached hydrogen (secondary N) is 2. The Morgan fingerprint density at radius 1 is 0.967 bits per heavy atom. The van der Waals surface area contributed by atoms with Gasteiger partial charge < -0.3 is 5.32 Å². The van der Waals surface area contributed by atoms with Crippen LogP contribution in [0.2, 0.25) is 0 Å². The topological polar surface area (TPSA) is 75.3 Å². The molecule has 0 radical (unpaired) electrons. The van der Waals surface area contributed by atoms with Crippen molar-refractivity contribution in [1.82, 2.24) is 5.32 Å². The van der Waals surface area contributed by atoms with Gasteiger partial charge in [-0.2, -0.15) is 0 Å². The quantitative estimate of drug-likeness (QED) is 0.498. The molecule has 0 aliphatic heterocycles. The molecule has 8 heteroatoms. The van der Waals surface area contributed by atoms with Crippen LogP contribution in [0.1, 0.15) is 24.1 Å². The molecular weight excluding hydrogens is 471 g/mol. The van der Waals surface area contributed by atoms with Crippen LogP contribution in [0.3, 0.4) is 0 Å². The third-order valence-electron chi connectivity index (χ3n) is 4.44. The maximum absolute atomic E-state index is 13.0. The van der Waals surface area contributed by atoms with Gasteiger partial charge in [-0.05, 0) is 66.6 Å². The van der Waals surface area contributed by atoms with Gasteiger partial charge in [0, 0.05) is 10.2 Å². The summed E-state index contributed by atoms with van der Waals surface area (Å²) in [5.74, 6) is -0.643. The summed E-state index contributed by atoms with van der Waals surface area (Å²) in [4.78, 5) is 12.3. The Bertz CT molecular complexity index is 1120. The summed E-state index contributed by atoms with van der Waals surface area (Å²) in [6.45, 7) is 1.91. The van der Waals surface area contributed by atoms with E-state index in [2.05, 4.69) is 26.0 Å². The van der Waals surface area contributed by atoms with Gasteiger partial charge in [0.05, 0.1) is 17.4 Å². The highest BCUT2D eigenvalue weighted by atomic mass is 79.9. The molecule has 3 aromatic rings. The van der Waals surface area contributed by atoms with Crippen molar-refractivity contribution in [3.8, 4) is 0 Å². The third kappa shape index (κ3) is 5.90. The summed E-state index contributed by atoms with van der Waals surface area (Å²) in [5, 5.41) is 2.95. The van der Waals surface area contributed by atoms with E-state index in [1.54, 1.807) is 24.3 Å². The number of rotatable bonds is 7. The lowest BCUT2D eigenvalue weighted by molar-refractivity contribution is -0.121. The van der Waals surface area contributed by atoms with Crippen molar-refractivity contribution in [3.63, 3.8) is 0 Å². The minimum absolute atomic E-state index is 0.0331. The number of carbonyl (C=O) groups excluding carboxylic acids is 1. The van der Waals surface area contributed by atoms with Crippen LogP contribution in [0, 0.1) is 5.82 Å². The molecule has 3 aromatic carbocycles. The van der Waals surface area contributed by atoms with Crippen molar-refractivity contribution in [1.29, 1.82) is 0 Å². The summed E-state index contributed by atoms with van der Waals surface area (Å²) in [5.41, 5.74) is 2.10. The lowest BCUT2D eigenvalue weighted by Crippen LogP contribution is -2.28. The van der Waals surface area contributed by atoms with Crippen LogP contribution in [-0.4, -0.2) is 14.3 Å². The molecule has 5 nitrogen and oxygen atoms in total. The van der Waals surface area contributed by atoms with Crippen LogP contribution in [0.25, 0.3) is 0 Å². The van der Waals surface area contributed by atoms with E-state index in [-0.39, 0.29) is 23.3 Å². The average molecular weight is 491 g/mol. The normalized spacial score (nSPS) is 12.2. The first-order chi connectivity index (χ1) is 14.2. The molecule has 0 unspecified atom stereocenters. The van der Waals surface area contributed by atoms with Crippen LogP contribution in [0.4, 0.5) is 10.1 Å². The highest BCUT2D eigenvalue weighted by molar-refractivity contribution is 9.10. The fourth-order valence-electron chi connectivity index (χ4n) is 2.83. The van der Waals surface area contributed by atoms with Gasteiger partial charge in [-0.1, -0.05) is 40.2 Å². The molecule has 3 rings (SSSR count). The zero-order valence-electron chi connectivity index (χ0n) is 16.1. The molecule has 1 amide bonds. The lowest BCUT2D eigenvalue weighted by Gasteiger charge is -2.15. The van der Waals surface area contributed by atoms with E-state index in [4.69, 9.17) is 0 Å². The van der Waals surface area contributed by atoms with Crippen molar-refractivity contribution in [2.24, 2.45) is 0 Å². The zero-order valence-corrected chi connectivity index (χ0v) is 18.5. The second kappa shape index (κ2) is 9.40. The molecule has 156 valence electrons. The molecule has 0 bridgehead atoms. The molecule has 0 aliphatic carbocycles. The van der Waals surface area contributed by atoms with Gasteiger partial charge in [0.2, 0.25) is 5.91 Å². The van der Waals surface area contributed by atoms with Gasteiger partial charge in [-0.3, -0.25) is 9.52 Å². The van der Waals surface area contributed by atoms with E-state index in [9.17, 15) is 17.6 Å².